The predicted octanol–water partition coefficient (Wildman–Crippen LogP) is 2.29. The summed E-state index contributed by atoms with van der Waals surface area (Å²) in [6.07, 6.45) is 1.26. The van der Waals surface area contributed by atoms with Gasteiger partial charge in [-0.2, -0.15) is 0 Å². The Kier molecular flexibility index (Phi) is 3.87. The van der Waals surface area contributed by atoms with Crippen molar-refractivity contribution in [3.8, 4) is 0 Å². The van der Waals surface area contributed by atoms with E-state index < -0.39 is 0 Å². The van der Waals surface area contributed by atoms with E-state index in [1.807, 2.05) is 13.0 Å². The molecule has 3 rings (SSSR count). The molecule has 0 atom stereocenters. The number of rotatable bonds is 3. The number of fused-ring (bicyclic) bond motifs is 1. The van der Waals surface area contributed by atoms with Crippen LogP contribution in [0.25, 0.3) is 11.1 Å². The van der Waals surface area contributed by atoms with Gasteiger partial charge in [0.15, 0.2) is 0 Å². The third kappa shape index (κ3) is 2.95. The topological polar surface area (TPSA) is 90.0 Å². The Hall–Kier alpha value is -2.67. The van der Waals surface area contributed by atoms with E-state index in [9.17, 15) is 9.59 Å². The minimum absolute atomic E-state index is 0.158. The van der Waals surface area contributed by atoms with Crippen LogP contribution in [0.5, 0.6) is 0 Å². The molecule has 0 saturated carbocycles. The lowest BCUT2D eigenvalue weighted by molar-refractivity contribution is -0.116. The molecule has 0 fully saturated rings. The van der Waals surface area contributed by atoms with Crippen LogP contribution in [-0.2, 0) is 11.3 Å². The van der Waals surface area contributed by atoms with Crippen LogP contribution >= 0.6 is 11.6 Å². The molecule has 1 amide bonds. The number of hydrogen-bond acceptors (Lipinski definition) is 5. The second kappa shape index (κ2) is 5.85. The maximum absolute atomic E-state index is 12.3. The standard InChI is InChI=1S/C15H13ClN4O3/c1-8-3-4-11(10(16)5-8)18-12(21)6-20-7-17-14-13(15(20)22)9(2)19-23-14/h3-5,7H,6H2,1-2H3,(H,18,21). The highest BCUT2D eigenvalue weighted by molar-refractivity contribution is 6.33. The summed E-state index contributed by atoms with van der Waals surface area (Å²) >= 11 is 6.08. The molecule has 2 aromatic heterocycles. The zero-order chi connectivity index (χ0) is 16.6. The van der Waals surface area contributed by atoms with Crippen molar-refractivity contribution in [1.29, 1.82) is 0 Å². The maximum atomic E-state index is 12.3. The molecule has 0 aliphatic carbocycles. The van der Waals surface area contributed by atoms with Gasteiger partial charge in [0.05, 0.1) is 16.4 Å². The highest BCUT2D eigenvalue weighted by Gasteiger charge is 2.14. The molecule has 2 heterocycles. The smallest absolute Gasteiger partial charge is 0.267 e. The van der Waals surface area contributed by atoms with Crippen molar-refractivity contribution >= 4 is 34.3 Å². The normalized spacial score (nSPS) is 10.9. The minimum Gasteiger partial charge on any atom is -0.335 e. The highest BCUT2D eigenvalue weighted by atomic mass is 35.5. The fourth-order valence-corrected chi connectivity index (χ4v) is 2.47. The number of aromatic nitrogens is 3. The number of hydrogen-bond donors (Lipinski definition) is 1. The van der Waals surface area contributed by atoms with Gasteiger partial charge in [-0.1, -0.05) is 22.8 Å². The molecule has 118 valence electrons. The number of nitrogens with one attached hydrogen (secondary N) is 1. The van der Waals surface area contributed by atoms with Crippen LogP contribution in [0.2, 0.25) is 5.02 Å². The fourth-order valence-electron chi connectivity index (χ4n) is 2.19. The van der Waals surface area contributed by atoms with E-state index in [4.69, 9.17) is 16.1 Å². The molecule has 1 aromatic carbocycles. The first-order chi connectivity index (χ1) is 11.0. The molecule has 0 bridgehead atoms. The first kappa shape index (κ1) is 15.2. The summed E-state index contributed by atoms with van der Waals surface area (Å²) in [6, 6.07) is 5.29. The second-order valence-electron chi connectivity index (χ2n) is 5.16. The number of halogens is 1. The lowest BCUT2D eigenvalue weighted by Crippen LogP contribution is -2.28. The Morgan fingerprint density at radius 1 is 1.39 bits per heavy atom. The van der Waals surface area contributed by atoms with E-state index in [-0.39, 0.29) is 29.1 Å². The monoisotopic (exact) mass is 332 g/mol. The van der Waals surface area contributed by atoms with Gasteiger partial charge in [-0.3, -0.25) is 14.2 Å². The first-order valence-corrected chi connectivity index (χ1v) is 7.21. The first-order valence-electron chi connectivity index (χ1n) is 6.83. The number of aryl methyl sites for hydroxylation is 2. The molecule has 3 aromatic rings. The van der Waals surface area contributed by atoms with Crippen LogP contribution in [0.3, 0.4) is 0 Å². The quantitative estimate of drug-likeness (QED) is 0.794. The molecule has 0 spiro atoms. The molecule has 0 saturated heterocycles. The zero-order valence-corrected chi connectivity index (χ0v) is 13.2. The van der Waals surface area contributed by atoms with Crippen LogP contribution in [0, 0.1) is 13.8 Å². The Morgan fingerprint density at radius 2 is 2.17 bits per heavy atom. The van der Waals surface area contributed by atoms with Crippen molar-refractivity contribution in [2.75, 3.05) is 5.32 Å². The number of carbonyl (C=O) groups excluding carboxylic acids is 1. The Labute approximate surface area is 135 Å². The molecule has 0 unspecified atom stereocenters. The van der Waals surface area contributed by atoms with Gasteiger partial charge in [-0.15, -0.1) is 0 Å². The van der Waals surface area contributed by atoms with Crippen molar-refractivity contribution in [3.05, 3.63) is 51.2 Å². The molecular weight excluding hydrogens is 320 g/mol. The van der Waals surface area contributed by atoms with E-state index in [0.29, 0.717) is 16.4 Å². The summed E-state index contributed by atoms with van der Waals surface area (Å²) in [7, 11) is 0. The Bertz CT molecular complexity index is 961. The second-order valence-corrected chi connectivity index (χ2v) is 5.56. The van der Waals surface area contributed by atoms with E-state index in [1.165, 1.54) is 10.9 Å². The van der Waals surface area contributed by atoms with Crippen molar-refractivity contribution in [2.24, 2.45) is 0 Å². The van der Waals surface area contributed by atoms with Gasteiger partial charge in [0, 0.05) is 0 Å². The SMILES string of the molecule is Cc1ccc(NC(=O)Cn2cnc3onc(C)c3c2=O)c(Cl)c1. The van der Waals surface area contributed by atoms with Crippen molar-refractivity contribution in [1.82, 2.24) is 14.7 Å². The van der Waals surface area contributed by atoms with Gasteiger partial charge in [-0.25, -0.2) is 4.98 Å². The van der Waals surface area contributed by atoms with Crippen molar-refractivity contribution < 1.29 is 9.32 Å². The number of carbonyl (C=O) groups is 1. The average Bonchev–Trinajstić information content (AvgIpc) is 2.87. The summed E-state index contributed by atoms with van der Waals surface area (Å²) in [5.41, 5.74) is 1.70. The number of anilines is 1. The van der Waals surface area contributed by atoms with E-state index >= 15 is 0 Å². The predicted molar refractivity (Wildman–Crippen MR) is 85.6 cm³/mol. The molecule has 8 heteroatoms. The third-order valence-corrected chi connectivity index (χ3v) is 3.66. The zero-order valence-electron chi connectivity index (χ0n) is 12.5. The third-order valence-electron chi connectivity index (χ3n) is 3.35. The van der Waals surface area contributed by atoms with E-state index in [2.05, 4.69) is 15.5 Å². The van der Waals surface area contributed by atoms with Crippen LogP contribution < -0.4 is 10.9 Å². The van der Waals surface area contributed by atoms with E-state index in [1.54, 1.807) is 19.1 Å². The van der Waals surface area contributed by atoms with Crippen LogP contribution in [-0.4, -0.2) is 20.6 Å². The summed E-state index contributed by atoms with van der Waals surface area (Å²) in [4.78, 5) is 28.4. The van der Waals surface area contributed by atoms with Gasteiger partial charge < -0.3 is 9.84 Å². The van der Waals surface area contributed by atoms with E-state index in [0.717, 1.165) is 5.56 Å². The van der Waals surface area contributed by atoms with Crippen LogP contribution in [0.15, 0.2) is 33.8 Å². The molecule has 0 aliphatic heterocycles. The summed E-state index contributed by atoms with van der Waals surface area (Å²) < 4.78 is 6.12. The molecule has 7 nitrogen and oxygen atoms in total. The molecule has 23 heavy (non-hydrogen) atoms. The van der Waals surface area contributed by atoms with Crippen LogP contribution in [0.4, 0.5) is 5.69 Å². The van der Waals surface area contributed by atoms with Gasteiger partial charge in [-0.05, 0) is 31.5 Å². The van der Waals surface area contributed by atoms with Gasteiger partial charge in [0.2, 0.25) is 5.91 Å². The fraction of sp³-hybridized carbons (Fsp3) is 0.200. The minimum atomic E-state index is -0.381. The Balaban J connectivity index is 1.84. The summed E-state index contributed by atoms with van der Waals surface area (Å²) in [5.74, 6) is -0.381. The largest absolute Gasteiger partial charge is 0.335 e. The van der Waals surface area contributed by atoms with Crippen molar-refractivity contribution in [2.45, 2.75) is 20.4 Å². The lowest BCUT2D eigenvalue weighted by atomic mass is 10.2. The lowest BCUT2D eigenvalue weighted by Gasteiger charge is -2.09. The van der Waals surface area contributed by atoms with Crippen molar-refractivity contribution in [3.63, 3.8) is 0 Å². The van der Waals surface area contributed by atoms with Gasteiger partial charge >= 0.3 is 0 Å². The summed E-state index contributed by atoms with van der Waals surface area (Å²) in [5, 5.41) is 7.08. The summed E-state index contributed by atoms with van der Waals surface area (Å²) in [6.45, 7) is 3.36. The Morgan fingerprint density at radius 3 is 2.91 bits per heavy atom. The highest BCUT2D eigenvalue weighted by Crippen LogP contribution is 2.22. The average molecular weight is 333 g/mol. The molecular formula is C15H13ClN4O3. The molecule has 0 aliphatic rings. The molecule has 0 radical (unpaired) electrons. The number of amides is 1. The molecule has 1 N–H and O–H groups in total. The van der Waals surface area contributed by atoms with Crippen LogP contribution in [0.1, 0.15) is 11.3 Å². The number of nitrogens with zero attached hydrogens (tertiary/aromatic N) is 3. The number of benzene rings is 1. The van der Waals surface area contributed by atoms with Gasteiger partial charge in [0.1, 0.15) is 18.3 Å². The van der Waals surface area contributed by atoms with Gasteiger partial charge in [0.25, 0.3) is 11.3 Å². The maximum Gasteiger partial charge on any atom is 0.267 e.